The topological polar surface area (TPSA) is 79.7 Å². The van der Waals surface area contributed by atoms with Gasteiger partial charge in [-0.25, -0.2) is 4.98 Å². The molecule has 1 N–H and O–H groups in total. The molecule has 3 aliphatic rings. The van der Waals surface area contributed by atoms with Gasteiger partial charge in [0.25, 0.3) is 0 Å². The number of nitrogens with one attached hydrogen (secondary N) is 1. The zero-order chi connectivity index (χ0) is 18.6. The lowest BCUT2D eigenvalue weighted by atomic mass is 9.89. The second-order valence-corrected chi connectivity index (χ2v) is 7.87. The van der Waals surface area contributed by atoms with Crippen LogP contribution in [-0.2, 0) is 20.9 Å². The number of likely N-dealkylation sites (tertiary alicyclic amines) is 1. The molecule has 8 nitrogen and oxygen atoms in total. The number of imidazole rings is 1. The molecule has 1 aliphatic carbocycles. The van der Waals surface area contributed by atoms with Crippen molar-refractivity contribution in [3.63, 3.8) is 0 Å². The van der Waals surface area contributed by atoms with Crippen molar-refractivity contribution >= 4 is 11.8 Å². The molecule has 3 heterocycles. The number of carbonyl (C=O) groups is 2. The Balaban J connectivity index is 1.23. The van der Waals surface area contributed by atoms with Crippen molar-refractivity contribution in [1.29, 1.82) is 0 Å². The van der Waals surface area contributed by atoms with Gasteiger partial charge in [0.1, 0.15) is 13.2 Å². The van der Waals surface area contributed by atoms with Crippen molar-refractivity contribution in [1.82, 2.24) is 24.7 Å². The minimum atomic E-state index is -0.140. The van der Waals surface area contributed by atoms with Gasteiger partial charge in [-0.15, -0.1) is 0 Å². The molecule has 0 radical (unpaired) electrons. The van der Waals surface area contributed by atoms with E-state index in [2.05, 4.69) is 15.2 Å². The Bertz CT molecular complexity index is 638. The lowest BCUT2D eigenvalue weighted by molar-refractivity contribution is -0.153. The third-order valence-electron chi connectivity index (χ3n) is 6.11. The van der Waals surface area contributed by atoms with Crippen LogP contribution in [0.3, 0.4) is 0 Å². The Morgan fingerprint density at radius 1 is 1.22 bits per heavy atom. The van der Waals surface area contributed by atoms with Crippen LogP contribution in [0.4, 0.5) is 0 Å². The maximum atomic E-state index is 12.4. The number of hydrogen-bond acceptors (Lipinski definition) is 5. The fourth-order valence-corrected chi connectivity index (χ4v) is 4.27. The summed E-state index contributed by atoms with van der Waals surface area (Å²) in [6.07, 6.45) is 11.0. The van der Waals surface area contributed by atoms with Gasteiger partial charge in [-0.2, -0.15) is 0 Å². The van der Waals surface area contributed by atoms with E-state index in [9.17, 15) is 9.59 Å². The second kappa shape index (κ2) is 8.39. The normalized spacial score (nSPS) is 25.4. The summed E-state index contributed by atoms with van der Waals surface area (Å²) in [6, 6.07) is 1.09. The van der Waals surface area contributed by atoms with Crippen LogP contribution in [0.15, 0.2) is 18.7 Å². The SMILES string of the molecule is O=C(Cn1ccnc1)NCC1CN(C2CCN(C3CCC3)CC2)C(=O)CO1. The molecule has 2 amide bonds. The van der Waals surface area contributed by atoms with E-state index in [4.69, 9.17) is 4.74 Å². The van der Waals surface area contributed by atoms with Crippen molar-refractivity contribution < 1.29 is 14.3 Å². The van der Waals surface area contributed by atoms with Crippen molar-refractivity contribution in [2.24, 2.45) is 0 Å². The number of ether oxygens (including phenoxy) is 1. The van der Waals surface area contributed by atoms with E-state index in [1.54, 1.807) is 23.3 Å². The third kappa shape index (κ3) is 4.50. The number of piperidine rings is 1. The molecule has 8 heteroatoms. The second-order valence-electron chi connectivity index (χ2n) is 7.87. The number of rotatable bonds is 6. The Morgan fingerprint density at radius 2 is 2.04 bits per heavy atom. The number of amides is 2. The lowest BCUT2D eigenvalue weighted by Gasteiger charge is -2.45. The van der Waals surface area contributed by atoms with Gasteiger partial charge in [-0.1, -0.05) is 6.42 Å². The van der Waals surface area contributed by atoms with E-state index in [0.29, 0.717) is 19.1 Å². The van der Waals surface area contributed by atoms with Gasteiger partial charge in [0.2, 0.25) is 11.8 Å². The summed E-state index contributed by atoms with van der Waals surface area (Å²) in [7, 11) is 0. The molecule has 3 fully saturated rings. The van der Waals surface area contributed by atoms with Crippen molar-refractivity contribution in [2.45, 2.75) is 56.8 Å². The molecular weight excluding hydrogens is 346 g/mol. The Morgan fingerprint density at radius 3 is 2.70 bits per heavy atom. The summed E-state index contributed by atoms with van der Waals surface area (Å²) < 4.78 is 7.37. The third-order valence-corrected chi connectivity index (χ3v) is 6.11. The molecule has 1 unspecified atom stereocenters. The zero-order valence-corrected chi connectivity index (χ0v) is 15.8. The molecule has 148 valence electrons. The quantitative estimate of drug-likeness (QED) is 0.771. The molecule has 0 bridgehead atoms. The molecule has 0 aromatic carbocycles. The van der Waals surface area contributed by atoms with Gasteiger partial charge in [-0.3, -0.25) is 9.59 Å². The summed E-state index contributed by atoms with van der Waals surface area (Å²) in [5.74, 6) is 0.00643. The average molecular weight is 375 g/mol. The number of nitrogens with zero attached hydrogens (tertiary/aromatic N) is 4. The van der Waals surface area contributed by atoms with Crippen molar-refractivity contribution in [3.05, 3.63) is 18.7 Å². The minimum Gasteiger partial charge on any atom is -0.365 e. The first-order valence-electron chi connectivity index (χ1n) is 10.1. The molecule has 0 spiro atoms. The highest BCUT2D eigenvalue weighted by atomic mass is 16.5. The predicted octanol–water partition coefficient (Wildman–Crippen LogP) is 0.244. The van der Waals surface area contributed by atoms with E-state index >= 15 is 0 Å². The van der Waals surface area contributed by atoms with Gasteiger partial charge in [0.05, 0.1) is 12.4 Å². The summed E-state index contributed by atoms with van der Waals surface area (Å²) in [6.45, 7) is 3.54. The lowest BCUT2D eigenvalue weighted by Crippen LogP contribution is -2.57. The van der Waals surface area contributed by atoms with Crippen LogP contribution in [0.1, 0.15) is 32.1 Å². The van der Waals surface area contributed by atoms with E-state index in [1.807, 2.05) is 4.90 Å². The van der Waals surface area contributed by atoms with Crippen LogP contribution in [0.2, 0.25) is 0 Å². The van der Waals surface area contributed by atoms with Crippen LogP contribution >= 0.6 is 0 Å². The van der Waals surface area contributed by atoms with Crippen LogP contribution in [0, 0.1) is 0 Å². The van der Waals surface area contributed by atoms with E-state index < -0.39 is 0 Å². The number of morpholine rings is 1. The molecule has 2 saturated heterocycles. The number of carbonyl (C=O) groups excluding carboxylic acids is 2. The number of aromatic nitrogens is 2. The largest absolute Gasteiger partial charge is 0.365 e. The molecule has 1 saturated carbocycles. The molecular formula is C19H29N5O3. The van der Waals surface area contributed by atoms with Gasteiger partial charge >= 0.3 is 0 Å². The zero-order valence-electron chi connectivity index (χ0n) is 15.8. The monoisotopic (exact) mass is 375 g/mol. The maximum absolute atomic E-state index is 12.4. The van der Waals surface area contributed by atoms with Crippen LogP contribution < -0.4 is 5.32 Å². The molecule has 1 atom stereocenters. The highest BCUT2D eigenvalue weighted by Gasteiger charge is 2.35. The summed E-state index contributed by atoms with van der Waals surface area (Å²) in [5.41, 5.74) is 0. The highest BCUT2D eigenvalue weighted by molar-refractivity contribution is 5.78. The Hall–Kier alpha value is -1.93. The van der Waals surface area contributed by atoms with Gasteiger partial charge < -0.3 is 24.4 Å². The van der Waals surface area contributed by atoms with E-state index in [-0.39, 0.29) is 31.1 Å². The summed E-state index contributed by atoms with van der Waals surface area (Å²) in [4.78, 5) is 32.9. The van der Waals surface area contributed by atoms with Gasteiger partial charge in [0, 0.05) is 50.7 Å². The van der Waals surface area contributed by atoms with Crippen LogP contribution in [0.25, 0.3) is 0 Å². The molecule has 27 heavy (non-hydrogen) atoms. The fraction of sp³-hybridized carbons (Fsp3) is 0.737. The first kappa shape index (κ1) is 18.4. The maximum Gasteiger partial charge on any atom is 0.248 e. The molecule has 1 aromatic rings. The van der Waals surface area contributed by atoms with Crippen molar-refractivity contribution in [3.8, 4) is 0 Å². The fourth-order valence-electron chi connectivity index (χ4n) is 4.27. The van der Waals surface area contributed by atoms with E-state index in [1.165, 1.54) is 19.3 Å². The first-order chi connectivity index (χ1) is 13.2. The Kier molecular flexibility index (Phi) is 5.73. The Labute approximate surface area is 159 Å². The van der Waals surface area contributed by atoms with Crippen LogP contribution in [0.5, 0.6) is 0 Å². The standard InChI is InChI=1S/C19H29N5O3/c25-18(12-22-9-6-20-14-22)21-10-17-11-24(19(26)13-27-17)16-4-7-23(8-5-16)15-2-1-3-15/h6,9,14-17H,1-5,7-8,10-13H2,(H,21,25). The minimum absolute atomic E-state index is 0.0751. The van der Waals surface area contributed by atoms with Crippen LogP contribution in [-0.4, -0.2) is 82.1 Å². The first-order valence-corrected chi connectivity index (χ1v) is 10.1. The average Bonchev–Trinajstić information content (AvgIpc) is 3.13. The summed E-state index contributed by atoms with van der Waals surface area (Å²) in [5, 5.41) is 2.91. The summed E-state index contributed by atoms with van der Waals surface area (Å²) >= 11 is 0. The predicted molar refractivity (Wildman–Crippen MR) is 98.9 cm³/mol. The smallest absolute Gasteiger partial charge is 0.248 e. The highest BCUT2D eigenvalue weighted by Crippen LogP contribution is 2.29. The molecule has 1 aromatic heterocycles. The van der Waals surface area contributed by atoms with Gasteiger partial charge in [-0.05, 0) is 25.7 Å². The van der Waals surface area contributed by atoms with Gasteiger partial charge in [0.15, 0.2) is 0 Å². The number of hydrogen-bond donors (Lipinski definition) is 1. The molecule has 2 aliphatic heterocycles. The van der Waals surface area contributed by atoms with E-state index in [0.717, 1.165) is 32.0 Å². The molecule has 4 rings (SSSR count). The van der Waals surface area contributed by atoms with Crippen molar-refractivity contribution in [2.75, 3.05) is 32.8 Å².